The Morgan fingerprint density at radius 2 is 1.86 bits per heavy atom. The Bertz CT molecular complexity index is 1350. The number of aryl methyl sites for hydroxylation is 1. The maximum Gasteiger partial charge on any atom is 0.338 e. The van der Waals surface area contributed by atoms with Crippen molar-refractivity contribution >= 4 is 35.1 Å². The lowest BCUT2D eigenvalue weighted by atomic mass is 10.1. The Balaban J connectivity index is 1.50. The van der Waals surface area contributed by atoms with Gasteiger partial charge in [0.25, 0.3) is 5.89 Å². The lowest BCUT2D eigenvalue weighted by molar-refractivity contribution is -0.116. The summed E-state index contributed by atoms with van der Waals surface area (Å²) in [6, 6.07) is 14.2. The van der Waals surface area contributed by atoms with Gasteiger partial charge >= 0.3 is 5.97 Å². The van der Waals surface area contributed by atoms with Crippen molar-refractivity contribution in [2.75, 3.05) is 23.9 Å². The summed E-state index contributed by atoms with van der Waals surface area (Å²) in [5.74, 6) is 0.139. The van der Waals surface area contributed by atoms with Crippen LogP contribution in [0.3, 0.4) is 0 Å². The average molecular weight is 493 g/mol. The molecular formula is C24H24N6O4S. The van der Waals surface area contributed by atoms with Gasteiger partial charge in [-0.3, -0.25) is 4.79 Å². The number of carbonyl (C=O) groups excluding carboxylic acids is 2. The van der Waals surface area contributed by atoms with Crippen LogP contribution in [0.4, 0.5) is 11.5 Å². The normalized spacial score (nSPS) is 10.8. The van der Waals surface area contributed by atoms with Crippen molar-refractivity contribution in [3.8, 4) is 22.8 Å². The van der Waals surface area contributed by atoms with Crippen molar-refractivity contribution in [3.05, 3.63) is 59.7 Å². The number of benzene rings is 2. The molecule has 0 saturated heterocycles. The van der Waals surface area contributed by atoms with Gasteiger partial charge in [0.1, 0.15) is 23.0 Å². The molecule has 0 radical (unpaired) electrons. The van der Waals surface area contributed by atoms with E-state index in [1.54, 1.807) is 31.2 Å². The van der Waals surface area contributed by atoms with Crippen LogP contribution in [0.5, 0.6) is 0 Å². The van der Waals surface area contributed by atoms with E-state index in [4.69, 9.17) is 15.0 Å². The van der Waals surface area contributed by atoms with Gasteiger partial charge in [-0.05, 0) is 44.4 Å². The molecule has 0 bridgehead atoms. The number of thioether (sulfide) groups is 1. The number of amides is 1. The number of hydrogen-bond acceptors (Lipinski definition) is 9. The molecule has 0 atom stereocenters. The van der Waals surface area contributed by atoms with Gasteiger partial charge < -0.3 is 20.3 Å². The van der Waals surface area contributed by atoms with Crippen molar-refractivity contribution in [3.63, 3.8) is 0 Å². The highest BCUT2D eigenvalue weighted by Crippen LogP contribution is 2.34. The standard InChI is InChI=1S/C24H24N6O4S/c1-4-33-24(32)16-9-11-17(12-10-16)26-18(31)13-30-20(25)19(23(28-30)35-3)22-27-21(29-34-22)15-7-5-14(2)6-8-15/h5-12H,4,13,25H2,1-3H3,(H,26,31). The van der Waals surface area contributed by atoms with Crippen molar-refractivity contribution in [1.29, 1.82) is 0 Å². The van der Waals surface area contributed by atoms with Crippen LogP contribution in [0.1, 0.15) is 22.8 Å². The maximum atomic E-state index is 12.6. The molecule has 10 nitrogen and oxygen atoms in total. The molecule has 0 fully saturated rings. The van der Waals surface area contributed by atoms with Gasteiger partial charge in [0, 0.05) is 11.3 Å². The van der Waals surface area contributed by atoms with Crippen LogP contribution in [-0.2, 0) is 16.1 Å². The molecule has 4 rings (SSSR count). The molecule has 2 aromatic heterocycles. The third kappa shape index (κ3) is 5.35. The number of ether oxygens (including phenoxy) is 1. The summed E-state index contributed by atoms with van der Waals surface area (Å²) in [7, 11) is 0. The van der Waals surface area contributed by atoms with Gasteiger partial charge in [-0.15, -0.1) is 11.8 Å². The van der Waals surface area contributed by atoms with Crippen LogP contribution in [-0.4, -0.2) is 44.7 Å². The first-order valence-electron chi connectivity index (χ1n) is 10.8. The predicted molar refractivity (Wildman–Crippen MR) is 133 cm³/mol. The predicted octanol–water partition coefficient (Wildman–Crippen LogP) is 4.03. The molecule has 3 N–H and O–H groups in total. The number of anilines is 2. The van der Waals surface area contributed by atoms with E-state index in [1.165, 1.54) is 16.4 Å². The van der Waals surface area contributed by atoms with Crippen molar-refractivity contribution in [1.82, 2.24) is 19.9 Å². The third-order valence-corrected chi connectivity index (χ3v) is 5.75. The first-order valence-corrected chi connectivity index (χ1v) is 12.0. The number of nitrogens with zero attached hydrogens (tertiary/aromatic N) is 4. The number of nitrogens with two attached hydrogens (primary N) is 1. The van der Waals surface area contributed by atoms with Gasteiger partial charge in [0.05, 0.1) is 12.2 Å². The smallest absolute Gasteiger partial charge is 0.338 e. The highest BCUT2D eigenvalue weighted by molar-refractivity contribution is 7.98. The van der Waals surface area contributed by atoms with Crippen molar-refractivity contribution in [2.24, 2.45) is 0 Å². The van der Waals surface area contributed by atoms with Crippen LogP contribution in [0.15, 0.2) is 58.1 Å². The highest BCUT2D eigenvalue weighted by Gasteiger charge is 2.24. The highest BCUT2D eigenvalue weighted by atomic mass is 32.2. The fourth-order valence-corrected chi connectivity index (χ4v) is 3.88. The summed E-state index contributed by atoms with van der Waals surface area (Å²) in [5.41, 5.74) is 9.68. The summed E-state index contributed by atoms with van der Waals surface area (Å²) in [6.45, 7) is 3.90. The van der Waals surface area contributed by atoms with Gasteiger partial charge in [-0.25, -0.2) is 9.48 Å². The largest absolute Gasteiger partial charge is 0.462 e. The summed E-state index contributed by atoms with van der Waals surface area (Å²) in [5, 5.41) is 11.8. The van der Waals surface area contributed by atoms with E-state index in [2.05, 4.69) is 20.6 Å². The monoisotopic (exact) mass is 492 g/mol. The van der Waals surface area contributed by atoms with Crippen molar-refractivity contribution < 1.29 is 18.8 Å². The number of esters is 1. The SMILES string of the molecule is CCOC(=O)c1ccc(NC(=O)Cn2nc(SC)c(-c3nc(-c4ccc(C)cc4)no3)c2N)cc1. The zero-order valence-electron chi connectivity index (χ0n) is 19.4. The number of nitrogens with one attached hydrogen (secondary N) is 1. The lowest BCUT2D eigenvalue weighted by Gasteiger charge is -2.07. The second kappa shape index (κ2) is 10.4. The Morgan fingerprint density at radius 3 is 2.51 bits per heavy atom. The van der Waals surface area contributed by atoms with Crippen LogP contribution in [0, 0.1) is 6.92 Å². The fraction of sp³-hybridized carbons (Fsp3) is 0.208. The van der Waals surface area contributed by atoms with E-state index in [1.807, 2.05) is 37.4 Å². The fourth-order valence-electron chi connectivity index (χ4n) is 3.30. The molecule has 180 valence electrons. The molecule has 0 spiro atoms. The van der Waals surface area contributed by atoms with Gasteiger partial charge in [0.15, 0.2) is 0 Å². The quantitative estimate of drug-likeness (QED) is 0.276. The van der Waals surface area contributed by atoms with E-state index in [0.717, 1.165) is 11.1 Å². The first-order chi connectivity index (χ1) is 16.9. The molecule has 0 unspecified atom stereocenters. The number of hydrogen-bond donors (Lipinski definition) is 2. The Kier molecular flexibility index (Phi) is 7.16. The molecule has 0 saturated carbocycles. The second-order valence-corrected chi connectivity index (χ2v) is 8.36. The molecule has 0 aliphatic carbocycles. The van der Waals surface area contributed by atoms with Gasteiger partial charge in [-0.2, -0.15) is 10.1 Å². The Labute approximate surface area is 205 Å². The van der Waals surface area contributed by atoms with Crippen LogP contribution in [0.2, 0.25) is 0 Å². The topological polar surface area (TPSA) is 138 Å². The molecule has 1 amide bonds. The van der Waals surface area contributed by atoms with E-state index < -0.39 is 5.97 Å². The third-order valence-electron chi connectivity index (χ3n) is 5.08. The number of rotatable bonds is 8. The molecule has 2 heterocycles. The van der Waals surface area contributed by atoms with E-state index in [-0.39, 0.29) is 24.2 Å². The summed E-state index contributed by atoms with van der Waals surface area (Å²) < 4.78 is 11.8. The molecule has 0 aliphatic heterocycles. The van der Waals surface area contributed by atoms with Crippen LogP contribution < -0.4 is 11.1 Å². The molecule has 2 aromatic carbocycles. The van der Waals surface area contributed by atoms with Crippen LogP contribution in [0.25, 0.3) is 22.8 Å². The molecular weight excluding hydrogens is 468 g/mol. The van der Waals surface area contributed by atoms with Gasteiger partial charge in [0.2, 0.25) is 11.7 Å². The average Bonchev–Trinajstić information content (AvgIpc) is 3.44. The minimum Gasteiger partial charge on any atom is -0.462 e. The summed E-state index contributed by atoms with van der Waals surface area (Å²) in [4.78, 5) is 28.9. The van der Waals surface area contributed by atoms with E-state index in [0.29, 0.717) is 34.3 Å². The second-order valence-electron chi connectivity index (χ2n) is 7.56. The molecule has 4 aromatic rings. The maximum absolute atomic E-state index is 12.6. The Morgan fingerprint density at radius 1 is 1.14 bits per heavy atom. The first kappa shape index (κ1) is 24.0. The molecule has 35 heavy (non-hydrogen) atoms. The number of carbonyl (C=O) groups is 2. The number of aromatic nitrogens is 4. The minimum atomic E-state index is -0.418. The van der Waals surface area contributed by atoms with E-state index in [9.17, 15) is 9.59 Å². The minimum absolute atomic E-state index is 0.127. The molecule has 0 aliphatic rings. The zero-order chi connectivity index (χ0) is 24.9. The summed E-state index contributed by atoms with van der Waals surface area (Å²) in [6.07, 6.45) is 1.85. The number of nitrogen functional groups attached to an aromatic ring is 1. The van der Waals surface area contributed by atoms with Gasteiger partial charge in [-0.1, -0.05) is 35.0 Å². The molecule has 11 heteroatoms. The summed E-state index contributed by atoms with van der Waals surface area (Å²) >= 11 is 1.36. The van der Waals surface area contributed by atoms with Crippen LogP contribution >= 0.6 is 11.8 Å². The zero-order valence-corrected chi connectivity index (χ0v) is 20.3. The Hall–Kier alpha value is -4.12. The lowest BCUT2D eigenvalue weighted by Crippen LogP contribution is -2.20. The van der Waals surface area contributed by atoms with E-state index >= 15 is 0 Å². The van der Waals surface area contributed by atoms with Crippen molar-refractivity contribution in [2.45, 2.75) is 25.4 Å².